The number of benzene rings is 1. The van der Waals surface area contributed by atoms with Crippen molar-refractivity contribution in [3.8, 4) is 5.75 Å². The number of ether oxygens (including phenoxy) is 1. The number of anilines is 2. The molecule has 0 aliphatic carbocycles. The van der Waals surface area contributed by atoms with Crippen molar-refractivity contribution >= 4 is 40.5 Å². The van der Waals surface area contributed by atoms with Gasteiger partial charge in [0.1, 0.15) is 17.6 Å². The Balaban J connectivity index is 1.79. The van der Waals surface area contributed by atoms with Crippen LogP contribution < -0.4 is 15.4 Å². The zero-order valence-electron chi connectivity index (χ0n) is 14.7. The molecule has 2 aromatic heterocycles. The Labute approximate surface area is 160 Å². The Morgan fingerprint density at radius 1 is 1.07 bits per heavy atom. The van der Waals surface area contributed by atoms with Gasteiger partial charge in [-0.3, -0.25) is 4.79 Å². The van der Waals surface area contributed by atoms with E-state index in [-0.39, 0.29) is 12.3 Å². The summed E-state index contributed by atoms with van der Waals surface area (Å²) in [5.74, 6) is 1.46. The van der Waals surface area contributed by atoms with E-state index in [0.717, 1.165) is 0 Å². The van der Waals surface area contributed by atoms with E-state index in [9.17, 15) is 4.79 Å². The molecule has 138 valence electrons. The number of fused-ring (bicyclic) bond motifs is 2. The smallest absolute Gasteiger partial charge is 0.227 e. The van der Waals surface area contributed by atoms with E-state index >= 15 is 0 Å². The Kier molecular flexibility index (Phi) is 5.01. The number of allylic oxidation sites excluding steroid dienone is 1. The first-order valence-electron chi connectivity index (χ1n) is 8.58. The molecule has 1 aromatic carbocycles. The number of hydrogen-bond donors (Lipinski definition) is 2. The highest BCUT2D eigenvalue weighted by atomic mass is 16.5. The Morgan fingerprint density at radius 2 is 2.00 bits per heavy atom. The fourth-order valence-corrected chi connectivity index (χ4v) is 2.53. The van der Waals surface area contributed by atoms with Crippen LogP contribution in [0, 0.1) is 0 Å². The first kappa shape index (κ1) is 17.3. The third-order valence-electron chi connectivity index (χ3n) is 3.84. The molecule has 1 amide bonds. The highest BCUT2D eigenvalue weighted by molar-refractivity contribution is 5.89. The summed E-state index contributed by atoms with van der Waals surface area (Å²) in [6, 6.07) is 11.0. The third kappa shape index (κ3) is 4.01. The minimum atomic E-state index is -0.164. The number of amides is 1. The average molecular weight is 372 g/mol. The Morgan fingerprint density at radius 3 is 2.96 bits per heavy atom. The highest BCUT2D eigenvalue weighted by Gasteiger charge is 2.09. The van der Waals surface area contributed by atoms with Crippen molar-refractivity contribution in [3.63, 3.8) is 0 Å². The maximum absolute atomic E-state index is 11.8. The predicted octanol–water partition coefficient (Wildman–Crippen LogP) is 3.40. The maximum atomic E-state index is 11.8. The van der Waals surface area contributed by atoms with Crippen LogP contribution in [0.15, 0.2) is 72.3 Å². The molecule has 0 unspecified atom stereocenters. The molecule has 2 N–H and O–H groups in total. The van der Waals surface area contributed by atoms with Crippen LogP contribution in [0.1, 0.15) is 6.42 Å². The molecule has 1 aliphatic rings. The topological polar surface area (TPSA) is 101 Å². The van der Waals surface area contributed by atoms with Gasteiger partial charge in [-0.1, -0.05) is 12.1 Å². The fraction of sp³-hybridized carbons (Fsp3) is 0.0500. The molecule has 8 nitrogen and oxygen atoms in total. The lowest BCUT2D eigenvalue weighted by atomic mass is 10.2. The van der Waals surface area contributed by atoms with Gasteiger partial charge >= 0.3 is 0 Å². The number of hydrogen-bond acceptors (Lipinski definition) is 7. The van der Waals surface area contributed by atoms with Gasteiger partial charge in [-0.15, -0.1) is 0 Å². The van der Waals surface area contributed by atoms with Gasteiger partial charge in [-0.25, -0.2) is 19.9 Å². The van der Waals surface area contributed by atoms with Gasteiger partial charge in [0.25, 0.3) is 0 Å². The number of carbonyl (C=O) groups is 1. The van der Waals surface area contributed by atoms with Crippen LogP contribution in [0.4, 0.5) is 17.3 Å². The van der Waals surface area contributed by atoms with Crippen molar-refractivity contribution in [1.82, 2.24) is 20.3 Å². The SMILES string of the molecule is O=C1C/C=C/Oc2ccccc2Nc2ncnc3ccc(nc23)N=CC=CN1. The summed E-state index contributed by atoms with van der Waals surface area (Å²) in [6.45, 7) is 0. The number of para-hydroxylation sites is 2. The van der Waals surface area contributed by atoms with E-state index in [2.05, 4.69) is 30.6 Å². The van der Waals surface area contributed by atoms with Gasteiger partial charge in [0.05, 0.1) is 17.5 Å². The van der Waals surface area contributed by atoms with E-state index in [1.54, 1.807) is 24.4 Å². The van der Waals surface area contributed by atoms with Crippen LogP contribution in [0.5, 0.6) is 5.75 Å². The Hall–Kier alpha value is -4.07. The van der Waals surface area contributed by atoms with Crippen LogP contribution in [-0.4, -0.2) is 27.1 Å². The third-order valence-corrected chi connectivity index (χ3v) is 3.84. The molecule has 0 fully saturated rings. The maximum Gasteiger partial charge on any atom is 0.227 e. The monoisotopic (exact) mass is 372 g/mol. The quantitative estimate of drug-likeness (QED) is 0.627. The molecule has 8 heteroatoms. The lowest BCUT2D eigenvalue weighted by molar-refractivity contribution is -0.119. The summed E-state index contributed by atoms with van der Waals surface area (Å²) < 4.78 is 5.68. The van der Waals surface area contributed by atoms with Crippen molar-refractivity contribution in [3.05, 3.63) is 67.3 Å². The molecular formula is C20H16N6O2. The molecule has 0 radical (unpaired) electrons. The largest absolute Gasteiger partial charge is 0.463 e. The summed E-state index contributed by atoms with van der Waals surface area (Å²) >= 11 is 0. The fourth-order valence-electron chi connectivity index (χ4n) is 2.53. The summed E-state index contributed by atoms with van der Waals surface area (Å²) in [4.78, 5) is 29.2. The summed E-state index contributed by atoms with van der Waals surface area (Å²) in [6.07, 6.45) is 9.48. The second kappa shape index (κ2) is 8.09. The highest BCUT2D eigenvalue weighted by Crippen LogP contribution is 2.29. The molecule has 28 heavy (non-hydrogen) atoms. The molecule has 3 heterocycles. The van der Waals surface area contributed by atoms with E-state index in [0.29, 0.717) is 34.1 Å². The zero-order chi connectivity index (χ0) is 19.2. The van der Waals surface area contributed by atoms with Gasteiger partial charge in [-0.05, 0) is 36.4 Å². The van der Waals surface area contributed by atoms with Gasteiger partial charge < -0.3 is 15.4 Å². The molecule has 0 saturated heterocycles. The van der Waals surface area contributed by atoms with Crippen molar-refractivity contribution in [2.24, 2.45) is 4.99 Å². The van der Waals surface area contributed by atoms with E-state index in [1.807, 2.05) is 30.3 Å². The number of nitrogens with zero attached hydrogens (tertiary/aromatic N) is 4. The molecule has 0 spiro atoms. The first-order chi connectivity index (χ1) is 13.8. The molecule has 1 aliphatic heterocycles. The number of aliphatic imine (C=N–C) groups is 1. The van der Waals surface area contributed by atoms with Gasteiger partial charge in [0.2, 0.25) is 5.91 Å². The number of aromatic nitrogens is 3. The molecule has 0 saturated carbocycles. The predicted molar refractivity (Wildman–Crippen MR) is 107 cm³/mol. The van der Waals surface area contributed by atoms with E-state index in [1.165, 1.54) is 18.8 Å². The number of carbonyl (C=O) groups excluding carboxylic acids is 1. The van der Waals surface area contributed by atoms with Crippen molar-refractivity contribution < 1.29 is 9.53 Å². The van der Waals surface area contributed by atoms with E-state index in [4.69, 9.17) is 4.74 Å². The average Bonchev–Trinajstić information content (AvgIpc) is 2.72. The van der Waals surface area contributed by atoms with Crippen molar-refractivity contribution in [1.29, 1.82) is 0 Å². The van der Waals surface area contributed by atoms with E-state index < -0.39 is 0 Å². The molecule has 2 bridgehead atoms. The van der Waals surface area contributed by atoms with Crippen molar-refractivity contribution in [2.75, 3.05) is 5.32 Å². The molecule has 0 atom stereocenters. The van der Waals surface area contributed by atoms with Crippen LogP contribution in [-0.2, 0) is 4.79 Å². The molecule has 4 rings (SSSR count). The van der Waals surface area contributed by atoms with Crippen LogP contribution in [0.2, 0.25) is 0 Å². The molecule has 3 aromatic rings. The van der Waals surface area contributed by atoms with Crippen LogP contribution in [0.25, 0.3) is 11.0 Å². The van der Waals surface area contributed by atoms with Crippen molar-refractivity contribution in [2.45, 2.75) is 6.42 Å². The summed E-state index contributed by atoms with van der Waals surface area (Å²) in [5.41, 5.74) is 1.98. The second-order valence-corrected chi connectivity index (χ2v) is 5.78. The zero-order valence-corrected chi connectivity index (χ0v) is 14.7. The Bertz CT molecular complexity index is 1110. The normalized spacial score (nSPS) is 15.2. The van der Waals surface area contributed by atoms with Crippen LogP contribution in [0.3, 0.4) is 0 Å². The standard InChI is InChI=1S/C20H16N6O2/c27-18-7-3-12-28-16-6-2-1-5-14(16)25-20-19-15(23-13-24-20)8-9-17(26-19)21-10-4-11-22-18/h1-6,8-13H,7H2,(H,22,27)(H,23,24,25)/b11-4?,12-3+,21-10?. The molecular weight excluding hydrogens is 356 g/mol. The van der Waals surface area contributed by atoms with Gasteiger partial charge in [0.15, 0.2) is 11.6 Å². The summed E-state index contributed by atoms with van der Waals surface area (Å²) in [5, 5.41) is 5.89. The minimum absolute atomic E-state index is 0.164. The van der Waals surface area contributed by atoms with Gasteiger partial charge in [0, 0.05) is 18.8 Å². The minimum Gasteiger partial charge on any atom is -0.463 e. The number of nitrogens with one attached hydrogen (secondary N) is 2. The second-order valence-electron chi connectivity index (χ2n) is 5.78. The lowest BCUT2D eigenvalue weighted by Crippen LogP contribution is -2.15. The summed E-state index contributed by atoms with van der Waals surface area (Å²) in [7, 11) is 0. The number of pyridine rings is 1. The van der Waals surface area contributed by atoms with Gasteiger partial charge in [-0.2, -0.15) is 0 Å². The lowest BCUT2D eigenvalue weighted by Gasteiger charge is -2.11. The number of rotatable bonds is 0. The first-order valence-corrected chi connectivity index (χ1v) is 8.58. The van der Waals surface area contributed by atoms with Crippen LogP contribution >= 0.6 is 0 Å².